The molecule has 1 aromatic heterocycles. The third-order valence-electron chi connectivity index (χ3n) is 4.14. The van der Waals surface area contributed by atoms with Crippen molar-refractivity contribution in [2.45, 2.75) is 40.0 Å². The quantitative estimate of drug-likeness (QED) is 0.376. The number of benzene rings is 1. The summed E-state index contributed by atoms with van der Waals surface area (Å²) in [5, 5.41) is 10.8. The van der Waals surface area contributed by atoms with Crippen LogP contribution < -0.4 is 10.6 Å². The maximum Gasteiger partial charge on any atom is 0.416 e. The van der Waals surface area contributed by atoms with E-state index in [0.717, 1.165) is 29.1 Å². The van der Waals surface area contributed by atoms with Crippen LogP contribution in [0.15, 0.2) is 29.3 Å². The van der Waals surface area contributed by atoms with Crippen LogP contribution in [0.4, 0.5) is 13.2 Å². The van der Waals surface area contributed by atoms with E-state index in [0.29, 0.717) is 31.2 Å². The predicted molar refractivity (Wildman–Crippen MR) is 111 cm³/mol. The van der Waals surface area contributed by atoms with E-state index in [2.05, 4.69) is 20.7 Å². The molecule has 0 bridgehead atoms. The Morgan fingerprint density at radius 2 is 1.78 bits per heavy atom. The molecule has 0 saturated carbocycles. The molecule has 2 aromatic rings. The van der Waals surface area contributed by atoms with Gasteiger partial charge in [0.2, 0.25) is 0 Å². The summed E-state index contributed by atoms with van der Waals surface area (Å²) in [6.07, 6.45) is -4.32. The second kappa shape index (κ2) is 9.95. The molecule has 0 aliphatic heterocycles. The van der Waals surface area contributed by atoms with Gasteiger partial charge in [-0.15, -0.1) is 24.0 Å². The zero-order valence-corrected chi connectivity index (χ0v) is 18.1. The molecule has 0 atom stereocenters. The van der Waals surface area contributed by atoms with Crippen molar-refractivity contribution in [3.05, 3.63) is 52.3 Å². The molecule has 5 nitrogen and oxygen atoms in total. The number of hydrogen-bond acceptors (Lipinski definition) is 2. The minimum atomic E-state index is -4.32. The minimum absolute atomic E-state index is 0. The first-order valence-corrected chi connectivity index (χ1v) is 8.39. The van der Waals surface area contributed by atoms with E-state index in [1.807, 2.05) is 32.5 Å². The summed E-state index contributed by atoms with van der Waals surface area (Å²) in [6.45, 7) is 7.46. The van der Waals surface area contributed by atoms with Crippen LogP contribution in [0.3, 0.4) is 0 Å². The van der Waals surface area contributed by atoms with Gasteiger partial charge in [0.15, 0.2) is 5.96 Å². The lowest BCUT2D eigenvalue weighted by Gasteiger charge is -2.12. The zero-order chi connectivity index (χ0) is 19.3. The van der Waals surface area contributed by atoms with Gasteiger partial charge in [-0.1, -0.05) is 12.1 Å². The average molecular weight is 495 g/mol. The smallest absolute Gasteiger partial charge is 0.357 e. The van der Waals surface area contributed by atoms with Crippen molar-refractivity contribution in [2.75, 3.05) is 6.54 Å². The highest BCUT2D eigenvalue weighted by Crippen LogP contribution is 2.29. The van der Waals surface area contributed by atoms with Gasteiger partial charge in [0, 0.05) is 31.4 Å². The largest absolute Gasteiger partial charge is 0.416 e. The summed E-state index contributed by atoms with van der Waals surface area (Å²) in [6, 6.07) is 5.05. The number of aryl methyl sites for hydroxylation is 2. The molecule has 1 aromatic carbocycles. The van der Waals surface area contributed by atoms with E-state index in [4.69, 9.17) is 0 Å². The molecule has 0 fully saturated rings. The van der Waals surface area contributed by atoms with Gasteiger partial charge >= 0.3 is 6.18 Å². The van der Waals surface area contributed by atoms with Crippen LogP contribution in [0.5, 0.6) is 0 Å². The Hall–Kier alpha value is -1.78. The summed E-state index contributed by atoms with van der Waals surface area (Å²) >= 11 is 0. The summed E-state index contributed by atoms with van der Waals surface area (Å²) in [4.78, 5) is 4.44. The van der Waals surface area contributed by atoms with E-state index in [1.165, 1.54) is 12.1 Å². The summed E-state index contributed by atoms with van der Waals surface area (Å²) in [5.74, 6) is 0.607. The number of halogens is 4. The molecule has 0 spiro atoms. The Kier molecular flexibility index (Phi) is 8.58. The van der Waals surface area contributed by atoms with Crippen molar-refractivity contribution in [1.82, 2.24) is 20.4 Å². The molecule has 0 unspecified atom stereocenters. The predicted octanol–water partition coefficient (Wildman–Crippen LogP) is 3.93. The molecule has 0 radical (unpaired) electrons. The van der Waals surface area contributed by atoms with Crippen molar-refractivity contribution in [3.8, 4) is 0 Å². The average Bonchev–Trinajstić information content (AvgIpc) is 2.82. The summed E-state index contributed by atoms with van der Waals surface area (Å²) < 4.78 is 39.7. The first-order chi connectivity index (χ1) is 12.2. The standard InChI is InChI=1S/C18H24F3N5.HI/c1-5-22-17(24-11-16-12(2)25-26(4)13(16)3)23-10-14-6-8-15(9-7-14)18(19,20)21;/h6-9H,5,10-11H2,1-4H3,(H2,22,23,24);1H. The lowest BCUT2D eigenvalue weighted by Crippen LogP contribution is -2.37. The highest BCUT2D eigenvalue weighted by molar-refractivity contribution is 14.0. The third kappa shape index (κ3) is 6.40. The van der Waals surface area contributed by atoms with Crippen LogP contribution in [0.2, 0.25) is 0 Å². The molecule has 27 heavy (non-hydrogen) atoms. The molecular weight excluding hydrogens is 470 g/mol. The Labute approximate surface area is 174 Å². The molecule has 0 aliphatic rings. The fourth-order valence-corrected chi connectivity index (χ4v) is 2.56. The Morgan fingerprint density at radius 1 is 1.15 bits per heavy atom. The lowest BCUT2D eigenvalue weighted by molar-refractivity contribution is -0.137. The number of nitrogens with zero attached hydrogens (tertiary/aromatic N) is 3. The lowest BCUT2D eigenvalue weighted by atomic mass is 10.1. The Balaban J connectivity index is 0.00000364. The molecule has 0 saturated heterocycles. The van der Waals surface area contributed by atoms with Crippen LogP contribution in [0, 0.1) is 13.8 Å². The molecule has 150 valence electrons. The van der Waals surface area contributed by atoms with Gasteiger partial charge in [-0.3, -0.25) is 4.68 Å². The van der Waals surface area contributed by atoms with Crippen molar-refractivity contribution < 1.29 is 13.2 Å². The second-order valence-corrected chi connectivity index (χ2v) is 6.02. The van der Waals surface area contributed by atoms with Crippen molar-refractivity contribution in [2.24, 2.45) is 12.0 Å². The van der Waals surface area contributed by atoms with E-state index in [1.54, 1.807) is 0 Å². The van der Waals surface area contributed by atoms with Crippen LogP contribution in [0.1, 0.15) is 35.0 Å². The number of aliphatic imine (C=N–C) groups is 1. The van der Waals surface area contributed by atoms with Gasteiger partial charge in [0.1, 0.15) is 0 Å². The van der Waals surface area contributed by atoms with Crippen LogP contribution in [-0.4, -0.2) is 22.3 Å². The fraction of sp³-hybridized carbons (Fsp3) is 0.444. The van der Waals surface area contributed by atoms with Crippen molar-refractivity contribution in [3.63, 3.8) is 0 Å². The number of alkyl halides is 3. The first-order valence-electron chi connectivity index (χ1n) is 8.39. The molecular formula is C18H25F3IN5. The third-order valence-corrected chi connectivity index (χ3v) is 4.14. The van der Waals surface area contributed by atoms with Crippen molar-refractivity contribution >= 4 is 29.9 Å². The zero-order valence-electron chi connectivity index (χ0n) is 15.8. The first kappa shape index (κ1) is 23.3. The normalized spacial score (nSPS) is 11.9. The van der Waals surface area contributed by atoms with Gasteiger partial charge in [-0.2, -0.15) is 18.3 Å². The van der Waals surface area contributed by atoms with E-state index in [-0.39, 0.29) is 24.0 Å². The monoisotopic (exact) mass is 495 g/mol. The van der Waals surface area contributed by atoms with Gasteiger partial charge in [-0.05, 0) is 38.5 Å². The molecule has 2 rings (SSSR count). The number of aromatic nitrogens is 2. The number of guanidine groups is 1. The van der Waals surface area contributed by atoms with E-state index < -0.39 is 11.7 Å². The highest BCUT2D eigenvalue weighted by Gasteiger charge is 2.29. The van der Waals surface area contributed by atoms with Crippen LogP contribution >= 0.6 is 24.0 Å². The topological polar surface area (TPSA) is 54.2 Å². The maximum absolute atomic E-state index is 12.6. The Morgan fingerprint density at radius 3 is 2.26 bits per heavy atom. The summed E-state index contributed by atoms with van der Waals surface area (Å²) in [5.41, 5.74) is 3.19. The van der Waals surface area contributed by atoms with Gasteiger partial charge < -0.3 is 10.6 Å². The molecule has 9 heteroatoms. The van der Waals surface area contributed by atoms with Gasteiger partial charge in [0.05, 0.1) is 17.8 Å². The van der Waals surface area contributed by atoms with Crippen LogP contribution in [-0.2, 0) is 26.3 Å². The molecule has 0 amide bonds. The summed E-state index contributed by atoms with van der Waals surface area (Å²) in [7, 11) is 1.90. The van der Waals surface area contributed by atoms with E-state index in [9.17, 15) is 13.2 Å². The maximum atomic E-state index is 12.6. The molecule has 0 aliphatic carbocycles. The molecule has 2 N–H and O–H groups in total. The van der Waals surface area contributed by atoms with Gasteiger partial charge in [-0.25, -0.2) is 4.99 Å². The van der Waals surface area contributed by atoms with E-state index >= 15 is 0 Å². The SMILES string of the molecule is CCNC(=NCc1ccc(C(F)(F)F)cc1)NCc1c(C)nn(C)c1C.I. The molecule has 1 heterocycles. The van der Waals surface area contributed by atoms with Crippen molar-refractivity contribution in [1.29, 1.82) is 0 Å². The number of rotatable bonds is 5. The fourth-order valence-electron chi connectivity index (χ4n) is 2.56. The van der Waals surface area contributed by atoms with Crippen LogP contribution in [0.25, 0.3) is 0 Å². The number of hydrogen-bond donors (Lipinski definition) is 2. The second-order valence-electron chi connectivity index (χ2n) is 6.02. The Bertz CT molecular complexity index is 767. The van der Waals surface area contributed by atoms with Gasteiger partial charge in [0.25, 0.3) is 0 Å². The highest BCUT2D eigenvalue weighted by atomic mass is 127. The minimum Gasteiger partial charge on any atom is -0.357 e. The number of nitrogens with one attached hydrogen (secondary N) is 2.